The van der Waals surface area contributed by atoms with Gasteiger partial charge in [-0.1, -0.05) is 6.07 Å². The van der Waals surface area contributed by atoms with Gasteiger partial charge < -0.3 is 24.3 Å². The second-order valence-electron chi connectivity index (χ2n) is 5.21. The third kappa shape index (κ3) is 4.09. The first-order valence-corrected chi connectivity index (χ1v) is 7.36. The quantitative estimate of drug-likeness (QED) is 0.795. The standard InChI is InChI=1S/C16H25NO4/c1-4-21-15-9-13(5-6-14(15)18-2)10-17-11-16(19-3)7-8-20-12-16/h5-6,9,17H,4,7-8,10-12H2,1-3H3. The summed E-state index contributed by atoms with van der Waals surface area (Å²) in [7, 11) is 3.40. The minimum Gasteiger partial charge on any atom is -0.493 e. The number of methoxy groups -OCH3 is 2. The van der Waals surface area contributed by atoms with Gasteiger partial charge in [-0.25, -0.2) is 0 Å². The van der Waals surface area contributed by atoms with E-state index >= 15 is 0 Å². The van der Waals surface area contributed by atoms with Gasteiger partial charge in [-0.3, -0.25) is 0 Å². The van der Waals surface area contributed by atoms with E-state index in [-0.39, 0.29) is 5.60 Å². The maximum Gasteiger partial charge on any atom is 0.161 e. The van der Waals surface area contributed by atoms with Crippen molar-refractivity contribution in [1.29, 1.82) is 0 Å². The Morgan fingerprint density at radius 1 is 1.29 bits per heavy atom. The number of benzene rings is 1. The predicted octanol–water partition coefficient (Wildman–Crippen LogP) is 1.99. The highest BCUT2D eigenvalue weighted by Gasteiger charge is 2.34. The van der Waals surface area contributed by atoms with Crippen LogP contribution in [0.5, 0.6) is 11.5 Å². The summed E-state index contributed by atoms with van der Waals surface area (Å²) < 4.78 is 21.9. The first kappa shape index (κ1) is 16.1. The summed E-state index contributed by atoms with van der Waals surface area (Å²) in [5, 5.41) is 3.44. The van der Waals surface area contributed by atoms with Crippen LogP contribution in [0.2, 0.25) is 0 Å². The summed E-state index contributed by atoms with van der Waals surface area (Å²) >= 11 is 0. The summed E-state index contributed by atoms with van der Waals surface area (Å²) in [6, 6.07) is 5.99. The molecule has 0 aliphatic carbocycles. The Bertz CT molecular complexity index is 444. The van der Waals surface area contributed by atoms with Crippen LogP contribution in [0.1, 0.15) is 18.9 Å². The van der Waals surface area contributed by atoms with Crippen LogP contribution in [-0.4, -0.2) is 46.2 Å². The Labute approximate surface area is 126 Å². The van der Waals surface area contributed by atoms with E-state index in [0.29, 0.717) is 13.2 Å². The molecule has 21 heavy (non-hydrogen) atoms. The molecule has 2 rings (SSSR count). The van der Waals surface area contributed by atoms with Gasteiger partial charge in [0.1, 0.15) is 5.60 Å². The zero-order valence-corrected chi connectivity index (χ0v) is 13.1. The maximum absolute atomic E-state index is 5.60. The highest BCUT2D eigenvalue weighted by molar-refractivity contribution is 5.42. The summed E-state index contributed by atoms with van der Waals surface area (Å²) in [4.78, 5) is 0. The Kier molecular flexibility index (Phi) is 5.85. The molecule has 1 aromatic rings. The second kappa shape index (κ2) is 7.64. The molecular formula is C16H25NO4. The fraction of sp³-hybridized carbons (Fsp3) is 0.625. The summed E-state index contributed by atoms with van der Waals surface area (Å²) in [5.74, 6) is 1.54. The molecule has 1 aromatic carbocycles. The molecular weight excluding hydrogens is 270 g/mol. The van der Waals surface area contributed by atoms with Crippen molar-refractivity contribution in [3.05, 3.63) is 23.8 Å². The van der Waals surface area contributed by atoms with E-state index in [4.69, 9.17) is 18.9 Å². The van der Waals surface area contributed by atoms with E-state index < -0.39 is 0 Å². The topological polar surface area (TPSA) is 49.0 Å². The molecule has 0 amide bonds. The molecule has 0 bridgehead atoms. The average molecular weight is 295 g/mol. The van der Waals surface area contributed by atoms with Crippen LogP contribution >= 0.6 is 0 Å². The highest BCUT2D eigenvalue weighted by atomic mass is 16.5. The summed E-state index contributed by atoms with van der Waals surface area (Å²) in [5.41, 5.74) is 0.972. The molecule has 1 unspecified atom stereocenters. The Morgan fingerprint density at radius 3 is 2.76 bits per heavy atom. The minimum atomic E-state index is -0.185. The molecule has 1 aliphatic heterocycles. The van der Waals surface area contributed by atoms with Crippen molar-refractivity contribution in [3.63, 3.8) is 0 Å². The number of hydrogen-bond acceptors (Lipinski definition) is 5. The number of hydrogen-bond donors (Lipinski definition) is 1. The highest BCUT2D eigenvalue weighted by Crippen LogP contribution is 2.28. The molecule has 1 N–H and O–H groups in total. The van der Waals surface area contributed by atoms with Crippen LogP contribution < -0.4 is 14.8 Å². The molecule has 1 saturated heterocycles. The van der Waals surface area contributed by atoms with Gasteiger partial charge in [0, 0.05) is 33.2 Å². The van der Waals surface area contributed by atoms with Crippen molar-refractivity contribution < 1.29 is 18.9 Å². The molecule has 0 spiro atoms. The van der Waals surface area contributed by atoms with Crippen LogP contribution in [0.4, 0.5) is 0 Å². The fourth-order valence-corrected chi connectivity index (χ4v) is 2.50. The zero-order valence-electron chi connectivity index (χ0n) is 13.1. The van der Waals surface area contributed by atoms with Gasteiger partial charge in [-0.05, 0) is 24.6 Å². The lowest BCUT2D eigenvalue weighted by molar-refractivity contribution is -0.0159. The minimum absolute atomic E-state index is 0.185. The lowest BCUT2D eigenvalue weighted by atomic mass is 10.0. The van der Waals surface area contributed by atoms with Gasteiger partial charge in [-0.15, -0.1) is 0 Å². The number of nitrogens with one attached hydrogen (secondary N) is 1. The lowest BCUT2D eigenvalue weighted by Crippen LogP contribution is -2.42. The third-order valence-electron chi connectivity index (χ3n) is 3.80. The van der Waals surface area contributed by atoms with Gasteiger partial charge in [0.2, 0.25) is 0 Å². The van der Waals surface area contributed by atoms with E-state index in [2.05, 4.69) is 5.32 Å². The number of rotatable bonds is 8. The van der Waals surface area contributed by atoms with Crippen LogP contribution in [0.25, 0.3) is 0 Å². The predicted molar refractivity (Wildman–Crippen MR) is 81.0 cm³/mol. The van der Waals surface area contributed by atoms with Crippen LogP contribution in [0.15, 0.2) is 18.2 Å². The Morgan fingerprint density at radius 2 is 2.14 bits per heavy atom. The first-order valence-electron chi connectivity index (χ1n) is 7.36. The Hall–Kier alpha value is -1.30. The van der Waals surface area contributed by atoms with Gasteiger partial charge in [0.15, 0.2) is 11.5 Å². The van der Waals surface area contributed by atoms with E-state index in [1.54, 1.807) is 14.2 Å². The van der Waals surface area contributed by atoms with Crippen molar-refractivity contribution >= 4 is 0 Å². The third-order valence-corrected chi connectivity index (χ3v) is 3.80. The van der Waals surface area contributed by atoms with Crippen molar-refractivity contribution in [2.24, 2.45) is 0 Å². The largest absolute Gasteiger partial charge is 0.493 e. The van der Waals surface area contributed by atoms with Crippen molar-refractivity contribution in [2.75, 3.05) is 40.6 Å². The van der Waals surface area contributed by atoms with Crippen LogP contribution in [-0.2, 0) is 16.0 Å². The normalized spacial score (nSPS) is 21.5. The molecule has 1 fully saturated rings. The van der Waals surface area contributed by atoms with Crippen LogP contribution in [0, 0.1) is 0 Å². The maximum atomic E-state index is 5.60. The lowest BCUT2D eigenvalue weighted by Gasteiger charge is -2.26. The second-order valence-corrected chi connectivity index (χ2v) is 5.21. The van der Waals surface area contributed by atoms with E-state index in [1.165, 1.54) is 0 Å². The molecule has 118 valence electrons. The fourth-order valence-electron chi connectivity index (χ4n) is 2.50. The Balaban J connectivity index is 1.92. The summed E-state index contributed by atoms with van der Waals surface area (Å²) in [6.45, 7) is 5.55. The van der Waals surface area contributed by atoms with Gasteiger partial charge in [0.25, 0.3) is 0 Å². The monoisotopic (exact) mass is 295 g/mol. The average Bonchev–Trinajstić information content (AvgIpc) is 2.97. The SMILES string of the molecule is CCOc1cc(CNCC2(OC)CCOC2)ccc1OC. The summed E-state index contributed by atoms with van der Waals surface area (Å²) in [6.07, 6.45) is 0.934. The van der Waals surface area contributed by atoms with Gasteiger partial charge >= 0.3 is 0 Å². The molecule has 1 heterocycles. The van der Waals surface area contributed by atoms with E-state index in [9.17, 15) is 0 Å². The van der Waals surface area contributed by atoms with Crippen molar-refractivity contribution in [2.45, 2.75) is 25.5 Å². The molecule has 5 heteroatoms. The molecule has 0 saturated carbocycles. The van der Waals surface area contributed by atoms with Gasteiger partial charge in [0.05, 0.1) is 20.3 Å². The molecule has 0 aromatic heterocycles. The van der Waals surface area contributed by atoms with Gasteiger partial charge in [-0.2, -0.15) is 0 Å². The molecule has 1 aliphatic rings. The number of ether oxygens (including phenoxy) is 4. The van der Waals surface area contributed by atoms with Crippen LogP contribution in [0.3, 0.4) is 0 Å². The van der Waals surface area contributed by atoms with E-state index in [1.807, 2.05) is 25.1 Å². The zero-order chi connectivity index (χ0) is 15.1. The molecule has 1 atom stereocenters. The van der Waals surface area contributed by atoms with E-state index in [0.717, 1.165) is 43.2 Å². The molecule has 5 nitrogen and oxygen atoms in total. The van der Waals surface area contributed by atoms with Crippen molar-refractivity contribution in [1.82, 2.24) is 5.32 Å². The molecule has 0 radical (unpaired) electrons. The smallest absolute Gasteiger partial charge is 0.161 e. The van der Waals surface area contributed by atoms with Crippen molar-refractivity contribution in [3.8, 4) is 11.5 Å². The first-order chi connectivity index (χ1) is 10.2.